The Hall–Kier alpha value is -0.920. The lowest BCUT2D eigenvalue weighted by molar-refractivity contribution is -0.0553. The quantitative estimate of drug-likeness (QED) is 0.844. The molecule has 0 fully saturated rings. The number of benzene rings is 1. The van der Waals surface area contributed by atoms with Crippen molar-refractivity contribution in [2.75, 3.05) is 0 Å². The molecule has 1 rings (SSSR count). The Morgan fingerprint density at radius 3 is 1.67 bits per heavy atom. The number of halogens is 6. The summed E-state index contributed by atoms with van der Waals surface area (Å²) in [5.41, 5.74) is 5.02. The van der Waals surface area contributed by atoms with Gasteiger partial charge >= 0.3 is 13.2 Å². The highest BCUT2D eigenvalue weighted by Crippen LogP contribution is 2.42. The smallest absolute Gasteiger partial charge is 0.387 e. The van der Waals surface area contributed by atoms with E-state index in [9.17, 15) is 17.6 Å². The standard InChI is InChI=1S/C9H7Cl2F4NO2/c10-4-1-5(11)7(18-9(14)15)3(2-16)6(4)17-8(12)13/h1,8-9H,2,16H2. The Morgan fingerprint density at radius 2 is 1.39 bits per heavy atom. The molecule has 0 saturated heterocycles. The lowest BCUT2D eigenvalue weighted by Crippen LogP contribution is -2.12. The molecule has 0 bridgehead atoms. The van der Waals surface area contributed by atoms with E-state index in [-0.39, 0.29) is 15.6 Å². The van der Waals surface area contributed by atoms with Crippen LogP contribution in [0.3, 0.4) is 0 Å². The zero-order valence-electron chi connectivity index (χ0n) is 8.60. The Balaban J connectivity index is 3.32. The maximum Gasteiger partial charge on any atom is 0.387 e. The predicted octanol–water partition coefficient (Wildman–Crippen LogP) is 3.65. The van der Waals surface area contributed by atoms with E-state index >= 15 is 0 Å². The van der Waals surface area contributed by atoms with Crippen LogP contribution in [-0.4, -0.2) is 13.2 Å². The molecule has 0 atom stereocenters. The van der Waals surface area contributed by atoms with Crippen LogP contribution in [0.15, 0.2) is 6.07 Å². The topological polar surface area (TPSA) is 44.5 Å². The number of hydrogen-bond acceptors (Lipinski definition) is 3. The van der Waals surface area contributed by atoms with Crippen LogP contribution >= 0.6 is 23.2 Å². The molecule has 0 aromatic heterocycles. The largest absolute Gasteiger partial charge is 0.433 e. The van der Waals surface area contributed by atoms with Crippen LogP contribution in [0.4, 0.5) is 17.6 Å². The maximum absolute atomic E-state index is 12.2. The van der Waals surface area contributed by atoms with Crippen molar-refractivity contribution in [3.05, 3.63) is 21.7 Å². The van der Waals surface area contributed by atoms with Gasteiger partial charge in [-0.25, -0.2) is 0 Å². The molecule has 0 heterocycles. The van der Waals surface area contributed by atoms with Crippen molar-refractivity contribution < 1.29 is 27.0 Å². The SMILES string of the molecule is NCc1c(OC(F)F)c(Cl)cc(Cl)c1OC(F)F. The number of ether oxygens (including phenoxy) is 2. The molecule has 9 heteroatoms. The highest BCUT2D eigenvalue weighted by molar-refractivity contribution is 6.36. The molecule has 0 radical (unpaired) electrons. The van der Waals surface area contributed by atoms with E-state index in [4.69, 9.17) is 28.9 Å². The van der Waals surface area contributed by atoms with Gasteiger partial charge in [0.2, 0.25) is 0 Å². The third-order valence-electron chi connectivity index (χ3n) is 1.85. The van der Waals surface area contributed by atoms with Crippen LogP contribution in [0.5, 0.6) is 11.5 Å². The molecule has 1 aromatic rings. The molecular formula is C9H7Cl2F4NO2. The first-order chi connectivity index (χ1) is 8.36. The molecular weight excluding hydrogens is 301 g/mol. The van der Waals surface area contributed by atoms with Crippen molar-refractivity contribution in [2.45, 2.75) is 19.8 Å². The van der Waals surface area contributed by atoms with Crippen molar-refractivity contribution in [1.29, 1.82) is 0 Å². The molecule has 18 heavy (non-hydrogen) atoms. The summed E-state index contributed by atoms with van der Waals surface area (Å²) in [6.07, 6.45) is 0. The fourth-order valence-corrected chi connectivity index (χ4v) is 1.84. The molecule has 0 unspecified atom stereocenters. The zero-order valence-corrected chi connectivity index (χ0v) is 10.1. The van der Waals surface area contributed by atoms with E-state index in [1.807, 2.05) is 0 Å². The van der Waals surface area contributed by atoms with Crippen LogP contribution < -0.4 is 15.2 Å². The summed E-state index contributed by atoms with van der Waals surface area (Å²) in [4.78, 5) is 0. The second kappa shape index (κ2) is 6.31. The first-order valence-corrected chi connectivity index (χ1v) is 5.23. The summed E-state index contributed by atoms with van der Waals surface area (Å²) in [6, 6.07) is 0.956. The van der Waals surface area contributed by atoms with Gasteiger partial charge in [-0.3, -0.25) is 0 Å². The van der Waals surface area contributed by atoms with E-state index in [1.165, 1.54) is 0 Å². The Morgan fingerprint density at radius 1 is 1.00 bits per heavy atom. The fraction of sp³-hybridized carbons (Fsp3) is 0.333. The predicted molar refractivity (Wildman–Crippen MR) is 57.6 cm³/mol. The number of rotatable bonds is 5. The van der Waals surface area contributed by atoms with E-state index in [1.54, 1.807) is 0 Å². The van der Waals surface area contributed by atoms with Crippen LogP contribution in [0, 0.1) is 0 Å². The van der Waals surface area contributed by atoms with Gasteiger partial charge in [0.05, 0.1) is 15.6 Å². The van der Waals surface area contributed by atoms with E-state index < -0.39 is 31.3 Å². The van der Waals surface area contributed by atoms with Crippen molar-refractivity contribution in [1.82, 2.24) is 0 Å². The number of hydrogen-bond donors (Lipinski definition) is 1. The van der Waals surface area contributed by atoms with Crippen molar-refractivity contribution >= 4 is 23.2 Å². The lowest BCUT2D eigenvalue weighted by atomic mass is 10.1. The molecule has 0 aliphatic rings. The molecule has 0 amide bonds. The molecule has 102 valence electrons. The first kappa shape index (κ1) is 15.1. The van der Waals surface area contributed by atoms with Gasteiger partial charge in [-0.15, -0.1) is 0 Å². The van der Waals surface area contributed by atoms with E-state index in [2.05, 4.69) is 9.47 Å². The minimum Gasteiger partial charge on any atom is -0.433 e. The monoisotopic (exact) mass is 307 g/mol. The van der Waals surface area contributed by atoms with Crippen molar-refractivity contribution in [3.63, 3.8) is 0 Å². The van der Waals surface area contributed by atoms with Gasteiger partial charge in [0.1, 0.15) is 0 Å². The van der Waals surface area contributed by atoms with Gasteiger partial charge in [0, 0.05) is 6.54 Å². The second-order valence-electron chi connectivity index (χ2n) is 2.94. The Bertz CT molecular complexity index is 397. The Kier molecular flexibility index (Phi) is 5.30. The molecule has 3 nitrogen and oxygen atoms in total. The van der Waals surface area contributed by atoms with E-state index in [0.717, 1.165) is 6.07 Å². The molecule has 2 N–H and O–H groups in total. The van der Waals surface area contributed by atoms with Gasteiger partial charge in [0.25, 0.3) is 0 Å². The number of alkyl halides is 4. The highest BCUT2D eigenvalue weighted by atomic mass is 35.5. The average molecular weight is 308 g/mol. The first-order valence-electron chi connectivity index (χ1n) is 4.47. The lowest BCUT2D eigenvalue weighted by Gasteiger charge is -2.17. The summed E-state index contributed by atoms with van der Waals surface area (Å²) in [7, 11) is 0. The van der Waals surface area contributed by atoms with Crippen molar-refractivity contribution in [2.24, 2.45) is 5.73 Å². The summed E-state index contributed by atoms with van der Waals surface area (Å²) < 4.78 is 56.9. The fourth-order valence-electron chi connectivity index (χ4n) is 1.25. The van der Waals surface area contributed by atoms with Crippen LogP contribution in [-0.2, 0) is 6.54 Å². The van der Waals surface area contributed by atoms with Crippen LogP contribution in [0.1, 0.15) is 5.56 Å². The van der Waals surface area contributed by atoms with E-state index in [0.29, 0.717) is 0 Å². The van der Waals surface area contributed by atoms with Gasteiger partial charge < -0.3 is 15.2 Å². The summed E-state index contributed by atoms with van der Waals surface area (Å²) in [5.74, 6) is -1.07. The van der Waals surface area contributed by atoms with Crippen molar-refractivity contribution in [3.8, 4) is 11.5 Å². The molecule has 0 saturated carbocycles. The molecule has 0 aliphatic carbocycles. The molecule has 1 aromatic carbocycles. The third kappa shape index (κ3) is 3.54. The minimum absolute atomic E-state index is 0.256. The van der Waals surface area contributed by atoms with Gasteiger partial charge in [-0.2, -0.15) is 17.6 Å². The number of nitrogens with two attached hydrogens (primary N) is 1. The summed E-state index contributed by atoms with van der Waals surface area (Å²) in [6.45, 7) is -6.79. The maximum atomic E-state index is 12.2. The van der Waals surface area contributed by atoms with Crippen LogP contribution in [0.25, 0.3) is 0 Å². The minimum atomic E-state index is -3.19. The highest BCUT2D eigenvalue weighted by Gasteiger charge is 2.22. The third-order valence-corrected chi connectivity index (χ3v) is 2.41. The zero-order chi connectivity index (χ0) is 13.9. The van der Waals surface area contributed by atoms with Gasteiger partial charge in [-0.05, 0) is 6.07 Å². The molecule has 0 spiro atoms. The second-order valence-corrected chi connectivity index (χ2v) is 3.75. The van der Waals surface area contributed by atoms with Gasteiger partial charge in [0.15, 0.2) is 11.5 Å². The van der Waals surface area contributed by atoms with Crippen LogP contribution in [0.2, 0.25) is 10.0 Å². The van der Waals surface area contributed by atoms with Gasteiger partial charge in [-0.1, -0.05) is 23.2 Å². The average Bonchev–Trinajstić information content (AvgIpc) is 2.24. The Labute approximate surface area is 109 Å². The normalized spacial score (nSPS) is 11.2. The molecule has 0 aliphatic heterocycles. The summed E-state index contributed by atoms with van der Waals surface area (Å²) in [5, 5.41) is -0.551. The summed E-state index contributed by atoms with van der Waals surface area (Å²) >= 11 is 11.2.